The van der Waals surface area contributed by atoms with Gasteiger partial charge in [-0.15, -0.1) is 0 Å². The van der Waals surface area contributed by atoms with Gasteiger partial charge in [0.15, 0.2) is 0 Å². The summed E-state index contributed by atoms with van der Waals surface area (Å²) in [7, 11) is 2.96. The zero-order valence-electron chi connectivity index (χ0n) is 24.6. The first-order chi connectivity index (χ1) is 20.2. The predicted molar refractivity (Wildman–Crippen MR) is 162 cm³/mol. The highest BCUT2D eigenvalue weighted by Crippen LogP contribution is 2.36. The number of anilines is 1. The van der Waals surface area contributed by atoms with E-state index in [1.807, 2.05) is 69.3 Å². The molecule has 1 aliphatic rings. The second-order valence-corrected chi connectivity index (χ2v) is 11.4. The minimum Gasteiger partial charge on any atom is -0.496 e. The number of hydrogen-bond donors (Lipinski definition) is 1. The van der Waals surface area contributed by atoms with Crippen molar-refractivity contribution in [3.05, 3.63) is 84.2 Å². The fourth-order valence-corrected chi connectivity index (χ4v) is 5.43. The van der Waals surface area contributed by atoms with Crippen LogP contribution < -0.4 is 10.1 Å². The summed E-state index contributed by atoms with van der Waals surface area (Å²) in [5.41, 5.74) is 2.91. The molecule has 4 aromatic rings. The summed E-state index contributed by atoms with van der Waals surface area (Å²) in [4.78, 5) is 36.9. The number of benzene rings is 3. The molecule has 1 saturated heterocycles. The van der Waals surface area contributed by atoms with Gasteiger partial charge in [-0.2, -0.15) is 0 Å². The van der Waals surface area contributed by atoms with Crippen LogP contribution in [0, 0.1) is 0 Å². The Hall–Kier alpha value is -4.66. The maximum atomic E-state index is 13.2. The van der Waals surface area contributed by atoms with Crippen LogP contribution in [-0.4, -0.2) is 65.9 Å². The Morgan fingerprint density at radius 1 is 0.952 bits per heavy atom. The normalized spacial score (nSPS) is 17.0. The first-order valence-corrected chi connectivity index (χ1v) is 14.0. The lowest BCUT2D eigenvalue weighted by atomic mass is 9.88. The number of fused-ring (bicyclic) bond motifs is 1. The number of methoxy groups -OCH3 is 2. The van der Waals surface area contributed by atoms with Crippen molar-refractivity contribution in [3.63, 3.8) is 0 Å². The van der Waals surface area contributed by atoms with Crippen LogP contribution in [0.1, 0.15) is 49.0 Å². The van der Waals surface area contributed by atoms with Gasteiger partial charge in [-0.25, -0.2) is 19.6 Å². The van der Waals surface area contributed by atoms with Crippen LogP contribution in [0.2, 0.25) is 0 Å². The highest BCUT2D eigenvalue weighted by atomic mass is 16.6. The standard InChI is InChI=1S/C33H36N4O5/c1-33(2,3)42-32(39)37-18-23(21-11-7-6-8-12-21)15-24(19-37)36-30-26-16-22(25-13-9-10-14-28(25)40-4)17-27(31(38)41-5)29(26)34-20-35-30/h6-14,16-17,20,23-24H,15,18-19H2,1-5H3,(H,34,35,36). The van der Waals surface area contributed by atoms with Crippen LogP contribution in [-0.2, 0) is 9.47 Å². The summed E-state index contributed by atoms with van der Waals surface area (Å²) >= 11 is 0. The molecule has 0 bridgehead atoms. The van der Waals surface area contributed by atoms with Gasteiger partial charge in [0, 0.05) is 36.0 Å². The highest BCUT2D eigenvalue weighted by molar-refractivity contribution is 6.07. The van der Waals surface area contributed by atoms with Crippen LogP contribution >= 0.6 is 0 Å². The molecule has 2 atom stereocenters. The van der Waals surface area contributed by atoms with E-state index in [0.717, 1.165) is 23.1 Å². The molecule has 0 saturated carbocycles. The lowest BCUT2D eigenvalue weighted by Crippen LogP contribution is -2.49. The Morgan fingerprint density at radius 3 is 2.40 bits per heavy atom. The summed E-state index contributed by atoms with van der Waals surface area (Å²) in [6.45, 7) is 6.57. The van der Waals surface area contributed by atoms with Crippen molar-refractivity contribution in [1.29, 1.82) is 0 Å². The first-order valence-electron chi connectivity index (χ1n) is 14.0. The largest absolute Gasteiger partial charge is 0.496 e. The number of hydrogen-bond acceptors (Lipinski definition) is 8. The molecule has 1 fully saturated rings. The molecule has 1 N–H and O–H groups in total. The molecule has 9 nitrogen and oxygen atoms in total. The Kier molecular flexibility index (Phi) is 8.29. The zero-order chi connectivity index (χ0) is 29.9. The number of nitrogens with zero attached hydrogens (tertiary/aromatic N) is 3. The number of aromatic nitrogens is 2. The fourth-order valence-electron chi connectivity index (χ4n) is 5.43. The fraction of sp³-hybridized carbons (Fsp3) is 0.333. The van der Waals surface area contributed by atoms with E-state index in [2.05, 4.69) is 27.4 Å². The number of para-hydroxylation sites is 1. The van der Waals surface area contributed by atoms with Crippen LogP contribution in [0.5, 0.6) is 5.75 Å². The second-order valence-electron chi connectivity index (χ2n) is 11.4. The number of ether oxygens (including phenoxy) is 3. The van der Waals surface area contributed by atoms with Gasteiger partial charge in [-0.1, -0.05) is 48.5 Å². The van der Waals surface area contributed by atoms with Crippen molar-refractivity contribution in [2.24, 2.45) is 0 Å². The van der Waals surface area contributed by atoms with Crippen LogP contribution in [0.4, 0.5) is 10.6 Å². The van der Waals surface area contributed by atoms with Gasteiger partial charge in [0.05, 0.1) is 25.3 Å². The third-order valence-electron chi connectivity index (χ3n) is 7.28. The minimum atomic E-state index is -0.609. The molecule has 0 spiro atoms. The summed E-state index contributed by atoms with van der Waals surface area (Å²) < 4.78 is 16.5. The quantitative estimate of drug-likeness (QED) is 0.271. The molecule has 0 radical (unpaired) electrons. The van der Waals surface area contributed by atoms with E-state index in [0.29, 0.717) is 41.1 Å². The van der Waals surface area contributed by atoms with Gasteiger partial charge >= 0.3 is 12.1 Å². The number of carbonyl (C=O) groups is 2. The van der Waals surface area contributed by atoms with Crippen LogP contribution in [0.25, 0.3) is 22.0 Å². The van der Waals surface area contributed by atoms with Gasteiger partial charge in [-0.3, -0.25) is 0 Å². The topological polar surface area (TPSA) is 103 Å². The van der Waals surface area contributed by atoms with Crippen molar-refractivity contribution in [2.45, 2.75) is 44.8 Å². The summed E-state index contributed by atoms with van der Waals surface area (Å²) in [5, 5.41) is 4.24. The molecule has 9 heteroatoms. The third kappa shape index (κ3) is 6.30. The first kappa shape index (κ1) is 28.9. The molecular weight excluding hydrogens is 532 g/mol. The third-order valence-corrected chi connectivity index (χ3v) is 7.28. The molecule has 42 heavy (non-hydrogen) atoms. The van der Waals surface area contributed by atoms with Crippen molar-refractivity contribution < 1.29 is 23.8 Å². The molecular formula is C33H36N4O5. The van der Waals surface area contributed by atoms with Gasteiger partial charge in [0.25, 0.3) is 0 Å². The molecule has 2 unspecified atom stereocenters. The molecule has 1 aliphatic heterocycles. The van der Waals surface area contributed by atoms with Crippen molar-refractivity contribution in [1.82, 2.24) is 14.9 Å². The molecule has 3 aromatic carbocycles. The Morgan fingerprint density at radius 2 is 1.69 bits per heavy atom. The van der Waals surface area contributed by atoms with Gasteiger partial charge in [0.1, 0.15) is 23.5 Å². The smallest absolute Gasteiger partial charge is 0.410 e. The minimum absolute atomic E-state index is 0.0906. The SMILES string of the molecule is COC(=O)c1cc(-c2ccccc2OC)cc2c(NC3CC(c4ccccc4)CN(C(=O)OC(C)(C)C)C3)ncnc12. The molecule has 5 rings (SSSR count). The average Bonchev–Trinajstić information content (AvgIpc) is 2.99. The Bertz CT molecular complexity index is 1580. The number of carbonyl (C=O) groups excluding carboxylic acids is 2. The van der Waals surface area contributed by atoms with Gasteiger partial charge in [0.2, 0.25) is 0 Å². The van der Waals surface area contributed by atoms with Crippen LogP contribution in [0.3, 0.4) is 0 Å². The van der Waals surface area contributed by atoms with E-state index in [1.54, 1.807) is 18.1 Å². The van der Waals surface area contributed by atoms with Gasteiger partial charge < -0.3 is 24.4 Å². The number of piperidine rings is 1. The average molecular weight is 569 g/mol. The molecule has 1 aromatic heterocycles. The maximum absolute atomic E-state index is 13.2. The van der Waals surface area contributed by atoms with E-state index in [9.17, 15) is 9.59 Å². The molecule has 1 amide bonds. The Labute approximate surface area is 245 Å². The summed E-state index contributed by atoms with van der Waals surface area (Å²) in [6.07, 6.45) is 1.85. The lowest BCUT2D eigenvalue weighted by Gasteiger charge is -2.39. The zero-order valence-corrected chi connectivity index (χ0v) is 24.6. The van der Waals surface area contributed by atoms with Crippen molar-refractivity contribution in [2.75, 3.05) is 32.6 Å². The Balaban J connectivity index is 1.56. The molecule has 218 valence electrons. The van der Waals surface area contributed by atoms with E-state index in [-0.39, 0.29) is 18.1 Å². The number of esters is 1. The number of amides is 1. The van der Waals surface area contributed by atoms with Crippen molar-refractivity contribution >= 4 is 28.8 Å². The van der Waals surface area contributed by atoms with E-state index in [1.165, 1.54) is 13.4 Å². The van der Waals surface area contributed by atoms with Crippen molar-refractivity contribution in [3.8, 4) is 16.9 Å². The number of likely N-dealkylation sites (tertiary alicyclic amines) is 1. The van der Waals surface area contributed by atoms with Crippen LogP contribution in [0.15, 0.2) is 73.1 Å². The predicted octanol–water partition coefficient (Wildman–Crippen LogP) is 6.30. The number of nitrogens with one attached hydrogen (secondary N) is 1. The number of rotatable bonds is 6. The summed E-state index contributed by atoms with van der Waals surface area (Å²) in [5.74, 6) is 0.821. The lowest BCUT2D eigenvalue weighted by molar-refractivity contribution is 0.0187. The highest BCUT2D eigenvalue weighted by Gasteiger charge is 2.34. The molecule has 2 heterocycles. The maximum Gasteiger partial charge on any atom is 0.410 e. The van der Waals surface area contributed by atoms with Gasteiger partial charge in [-0.05, 0) is 56.5 Å². The van der Waals surface area contributed by atoms with E-state index < -0.39 is 11.6 Å². The van der Waals surface area contributed by atoms with E-state index >= 15 is 0 Å². The second kappa shape index (κ2) is 12.1. The monoisotopic (exact) mass is 568 g/mol. The van der Waals surface area contributed by atoms with E-state index in [4.69, 9.17) is 14.2 Å². The summed E-state index contributed by atoms with van der Waals surface area (Å²) in [6, 6.07) is 21.4. The molecule has 0 aliphatic carbocycles.